The van der Waals surface area contributed by atoms with Crippen molar-refractivity contribution in [2.45, 2.75) is 13.5 Å². The molecule has 0 saturated carbocycles. The summed E-state index contributed by atoms with van der Waals surface area (Å²) in [7, 11) is 0. The number of aliphatic hydroxyl groups is 1. The molecule has 142 valence electrons. The van der Waals surface area contributed by atoms with Crippen molar-refractivity contribution < 1.29 is 9.52 Å². The molecule has 0 radical (unpaired) electrons. The van der Waals surface area contributed by atoms with Crippen LogP contribution in [0.15, 0.2) is 59.5 Å². The number of fused-ring (bicyclic) bond motifs is 1. The van der Waals surface area contributed by atoms with Gasteiger partial charge in [0.25, 0.3) is 0 Å². The lowest BCUT2D eigenvalue weighted by Gasteiger charge is -2.06. The zero-order valence-corrected chi connectivity index (χ0v) is 15.5. The highest BCUT2D eigenvalue weighted by atomic mass is 16.3. The molecule has 0 aliphatic carbocycles. The number of aliphatic hydroxyl groups excluding tert-OH is 1. The number of rotatable bonds is 4. The molecule has 0 fully saturated rings. The minimum Gasteiger partial charge on any atom is -0.444 e. The summed E-state index contributed by atoms with van der Waals surface area (Å²) in [6.07, 6.45) is 4.92. The van der Waals surface area contributed by atoms with Crippen molar-refractivity contribution >= 4 is 11.0 Å². The standard InChI is InChI=1S/C21H16N6O2/c1-12-3-2-4-18(24-12)20-15(9-23-27-20)16-5-6-17-19(26-16)14(7-8-22-17)21-25-13(10-28)11-29-21/h2-9,11,28H,10H2,1H3,(H,23,27). The predicted molar refractivity (Wildman–Crippen MR) is 107 cm³/mol. The molecule has 0 aromatic carbocycles. The molecule has 0 aliphatic heterocycles. The summed E-state index contributed by atoms with van der Waals surface area (Å²) >= 11 is 0. The summed E-state index contributed by atoms with van der Waals surface area (Å²) in [4.78, 5) is 18.1. The molecule has 0 unspecified atom stereocenters. The third kappa shape index (κ3) is 3.05. The summed E-state index contributed by atoms with van der Waals surface area (Å²) in [5.74, 6) is 0.388. The highest BCUT2D eigenvalue weighted by molar-refractivity contribution is 5.91. The normalized spacial score (nSPS) is 11.2. The van der Waals surface area contributed by atoms with E-state index in [1.807, 2.05) is 37.3 Å². The van der Waals surface area contributed by atoms with Crippen molar-refractivity contribution in [3.63, 3.8) is 0 Å². The van der Waals surface area contributed by atoms with Crippen LogP contribution in [0, 0.1) is 6.92 Å². The molecule has 0 atom stereocenters. The number of oxazole rings is 1. The van der Waals surface area contributed by atoms with Crippen molar-refractivity contribution in [1.82, 2.24) is 30.1 Å². The number of nitrogens with zero attached hydrogens (tertiary/aromatic N) is 5. The van der Waals surface area contributed by atoms with Crippen LogP contribution in [-0.4, -0.2) is 35.2 Å². The van der Waals surface area contributed by atoms with Gasteiger partial charge in [-0.2, -0.15) is 5.10 Å². The minimum atomic E-state index is -0.187. The first-order valence-electron chi connectivity index (χ1n) is 9.02. The molecule has 8 nitrogen and oxygen atoms in total. The van der Waals surface area contributed by atoms with Gasteiger partial charge in [-0.25, -0.2) is 9.97 Å². The Morgan fingerprint density at radius 2 is 1.93 bits per heavy atom. The number of nitrogens with one attached hydrogen (secondary N) is 1. The van der Waals surface area contributed by atoms with E-state index >= 15 is 0 Å². The molecule has 29 heavy (non-hydrogen) atoms. The largest absolute Gasteiger partial charge is 0.444 e. The van der Waals surface area contributed by atoms with E-state index in [0.717, 1.165) is 28.3 Å². The van der Waals surface area contributed by atoms with Crippen LogP contribution >= 0.6 is 0 Å². The molecule has 0 saturated heterocycles. The lowest BCUT2D eigenvalue weighted by molar-refractivity contribution is 0.276. The van der Waals surface area contributed by atoms with E-state index in [0.29, 0.717) is 28.2 Å². The van der Waals surface area contributed by atoms with Crippen molar-refractivity contribution in [2.24, 2.45) is 0 Å². The van der Waals surface area contributed by atoms with Gasteiger partial charge in [-0.05, 0) is 37.3 Å². The topological polar surface area (TPSA) is 114 Å². The van der Waals surface area contributed by atoms with Crippen LogP contribution in [0.1, 0.15) is 11.4 Å². The molecule has 0 amide bonds. The third-order valence-corrected chi connectivity index (χ3v) is 4.58. The fourth-order valence-electron chi connectivity index (χ4n) is 3.21. The quantitative estimate of drug-likeness (QED) is 0.487. The predicted octanol–water partition coefficient (Wildman–Crippen LogP) is 3.54. The second kappa shape index (κ2) is 6.92. The molecule has 2 N–H and O–H groups in total. The Hall–Kier alpha value is -3.91. The molecule has 5 aromatic rings. The SMILES string of the molecule is Cc1cccc(-c2n[nH]cc2-c2ccc3nccc(-c4nc(CO)co4)c3n2)n1. The van der Waals surface area contributed by atoms with Gasteiger partial charge in [0.1, 0.15) is 23.2 Å². The van der Waals surface area contributed by atoms with Crippen LogP contribution in [0.2, 0.25) is 0 Å². The maximum absolute atomic E-state index is 9.27. The van der Waals surface area contributed by atoms with Gasteiger partial charge in [-0.1, -0.05) is 6.07 Å². The van der Waals surface area contributed by atoms with Crippen LogP contribution in [0.4, 0.5) is 0 Å². The summed E-state index contributed by atoms with van der Waals surface area (Å²) in [6.45, 7) is 1.76. The van der Waals surface area contributed by atoms with Crippen molar-refractivity contribution in [1.29, 1.82) is 0 Å². The third-order valence-electron chi connectivity index (χ3n) is 4.58. The second-order valence-electron chi connectivity index (χ2n) is 6.54. The molecular weight excluding hydrogens is 368 g/mol. The van der Waals surface area contributed by atoms with Gasteiger partial charge >= 0.3 is 0 Å². The van der Waals surface area contributed by atoms with Crippen molar-refractivity contribution in [3.05, 3.63) is 66.4 Å². The Kier molecular flexibility index (Phi) is 4.10. The van der Waals surface area contributed by atoms with E-state index in [-0.39, 0.29) is 6.61 Å². The molecular formula is C21H16N6O2. The van der Waals surface area contributed by atoms with Gasteiger partial charge in [0.05, 0.1) is 29.1 Å². The van der Waals surface area contributed by atoms with E-state index in [2.05, 4.69) is 25.1 Å². The first-order valence-corrected chi connectivity index (χ1v) is 9.02. The first-order chi connectivity index (χ1) is 14.2. The van der Waals surface area contributed by atoms with Gasteiger partial charge in [0, 0.05) is 23.7 Å². The van der Waals surface area contributed by atoms with Gasteiger partial charge < -0.3 is 9.52 Å². The Morgan fingerprint density at radius 1 is 1.00 bits per heavy atom. The fourth-order valence-corrected chi connectivity index (χ4v) is 3.21. The van der Waals surface area contributed by atoms with E-state index in [9.17, 15) is 5.11 Å². The van der Waals surface area contributed by atoms with Crippen LogP contribution in [0.5, 0.6) is 0 Å². The average molecular weight is 384 g/mol. The van der Waals surface area contributed by atoms with E-state index in [4.69, 9.17) is 9.40 Å². The number of hydrogen-bond acceptors (Lipinski definition) is 7. The maximum atomic E-state index is 9.27. The van der Waals surface area contributed by atoms with E-state index < -0.39 is 0 Å². The lowest BCUT2D eigenvalue weighted by atomic mass is 10.1. The van der Waals surface area contributed by atoms with Gasteiger partial charge in [0.2, 0.25) is 5.89 Å². The maximum Gasteiger partial charge on any atom is 0.228 e. The van der Waals surface area contributed by atoms with Gasteiger partial charge in [-0.3, -0.25) is 15.1 Å². The molecule has 0 bridgehead atoms. The van der Waals surface area contributed by atoms with E-state index in [1.165, 1.54) is 6.26 Å². The smallest absolute Gasteiger partial charge is 0.228 e. The van der Waals surface area contributed by atoms with Crippen molar-refractivity contribution in [3.8, 4) is 34.1 Å². The van der Waals surface area contributed by atoms with Crippen molar-refractivity contribution in [2.75, 3.05) is 0 Å². The van der Waals surface area contributed by atoms with Crippen LogP contribution < -0.4 is 0 Å². The zero-order valence-electron chi connectivity index (χ0n) is 15.5. The summed E-state index contributed by atoms with van der Waals surface area (Å²) < 4.78 is 5.52. The Bertz CT molecular complexity index is 1320. The number of H-pyrrole nitrogens is 1. The van der Waals surface area contributed by atoms with Gasteiger partial charge in [0.15, 0.2) is 0 Å². The number of hydrogen-bond donors (Lipinski definition) is 2. The second-order valence-corrected chi connectivity index (χ2v) is 6.54. The molecule has 5 heterocycles. The fraction of sp³-hybridized carbons (Fsp3) is 0.0952. The summed E-state index contributed by atoms with van der Waals surface area (Å²) in [6, 6.07) is 11.4. The molecule has 0 spiro atoms. The number of aromatic amines is 1. The monoisotopic (exact) mass is 384 g/mol. The Balaban J connectivity index is 1.66. The zero-order chi connectivity index (χ0) is 19.8. The average Bonchev–Trinajstić information content (AvgIpc) is 3.42. The highest BCUT2D eigenvalue weighted by Crippen LogP contribution is 2.31. The molecule has 5 aromatic heterocycles. The summed E-state index contributed by atoms with van der Waals surface area (Å²) in [5.41, 5.74) is 6.52. The van der Waals surface area contributed by atoms with Crippen LogP contribution in [0.3, 0.4) is 0 Å². The Labute approximate surface area is 165 Å². The number of pyridine rings is 3. The molecule has 0 aliphatic rings. The molecule has 8 heteroatoms. The highest BCUT2D eigenvalue weighted by Gasteiger charge is 2.16. The summed E-state index contributed by atoms with van der Waals surface area (Å²) in [5, 5.41) is 16.6. The van der Waals surface area contributed by atoms with E-state index in [1.54, 1.807) is 18.5 Å². The van der Waals surface area contributed by atoms with Gasteiger partial charge in [-0.15, -0.1) is 0 Å². The first kappa shape index (κ1) is 17.2. The molecule has 5 rings (SSSR count). The van der Waals surface area contributed by atoms with Crippen LogP contribution in [0.25, 0.3) is 45.1 Å². The Morgan fingerprint density at radius 3 is 2.76 bits per heavy atom. The minimum absolute atomic E-state index is 0.187. The lowest BCUT2D eigenvalue weighted by Crippen LogP contribution is -1.93. The number of aryl methyl sites for hydroxylation is 1. The van der Waals surface area contributed by atoms with Crippen LogP contribution in [-0.2, 0) is 6.61 Å². The number of aromatic nitrogens is 6.